The van der Waals surface area contributed by atoms with Crippen LogP contribution in [-0.2, 0) is 0 Å². The van der Waals surface area contributed by atoms with E-state index in [1.54, 1.807) is 24.3 Å². The first-order chi connectivity index (χ1) is 20.1. The average Bonchev–Trinajstić information content (AvgIpc) is 3.47. The van der Waals surface area contributed by atoms with E-state index in [4.69, 9.17) is 9.47 Å². The molecule has 2 amide bonds. The van der Waals surface area contributed by atoms with Gasteiger partial charge in [-0.1, -0.05) is 57.7 Å². The van der Waals surface area contributed by atoms with Gasteiger partial charge >= 0.3 is 0 Å². The Morgan fingerprint density at radius 3 is 2.15 bits per heavy atom. The SMILES string of the molecule is CCCCCOc1ccc(C(=O)Nc2nc(-c3cccc(NC(=O)c4cccc(OCCCCC)c4)c3)cs2)cc1. The average molecular weight is 572 g/mol. The van der Waals surface area contributed by atoms with E-state index in [2.05, 4.69) is 29.5 Å². The Hall–Kier alpha value is -4.17. The molecule has 41 heavy (non-hydrogen) atoms. The van der Waals surface area contributed by atoms with E-state index in [1.165, 1.54) is 11.3 Å². The van der Waals surface area contributed by atoms with Gasteiger partial charge in [-0.05, 0) is 67.4 Å². The molecule has 4 rings (SSSR count). The molecule has 214 valence electrons. The first-order valence-corrected chi connectivity index (χ1v) is 15.1. The van der Waals surface area contributed by atoms with Crippen molar-refractivity contribution in [3.05, 3.63) is 89.3 Å². The molecule has 0 unspecified atom stereocenters. The van der Waals surface area contributed by atoms with E-state index in [-0.39, 0.29) is 11.8 Å². The van der Waals surface area contributed by atoms with Gasteiger partial charge in [0.1, 0.15) is 11.5 Å². The van der Waals surface area contributed by atoms with Crippen molar-refractivity contribution in [2.45, 2.75) is 52.4 Å². The molecule has 0 spiro atoms. The van der Waals surface area contributed by atoms with Crippen LogP contribution in [0.1, 0.15) is 73.1 Å². The summed E-state index contributed by atoms with van der Waals surface area (Å²) >= 11 is 1.34. The van der Waals surface area contributed by atoms with Gasteiger partial charge < -0.3 is 14.8 Å². The molecule has 0 bridgehead atoms. The fourth-order valence-electron chi connectivity index (χ4n) is 4.11. The normalized spacial score (nSPS) is 10.7. The van der Waals surface area contributed by atoms with Crippen LogP contribution in [0.4, 0.5) is 10.8 Å². The molecule has 0 saturated heterocycles. The van der Waals surface area contributed by atoms with Crippen molar-refractivity contribution >= 4 is 34.0 Å². The smallest absolute Gasteiger partial charge is 0.257 e. The predicted molar refractivity (Wildman–Crippen MR) is 166 cm³/mol. The largest absolute Gasteiger partial charge is 0.494 e. The number of carbonyl (C=O) groups excluding carboxylic acids is 2. The number of nitrogens with zero attached hydrogens (tertiary/aromatic N) is 1. The molecule has 0 radical (unpaired) electrons. The number of rotatable bonds is 15. The highest BCUT2D eigenvalue weighted by Crippen LogP contribution is 2.28. The van der Waals surface area contributed by atoms with Gasteiger partial charge in [0.2, 0.25) is 0 Å². The standard InChI is InChI=1S/C33H37N3O4S/c1-3-5-7-19-39-28-17-15-24(16-18-28)31(37)36-33-35-30(23-41-33)25-11-9-13-27(21-25)34-32(38)26-12-10-14-29(22-26)40-20-8-6-4-2/h9-18,21-23H,3-8,19-20H2,1-2H3,(H,34,38)(H,35,36,37). The molecule has 0 atom stereocenters. The Labute approximate surface area is 245 Å². The summed E-state index contributed by atoms with van der Waals surface area (Å²) in [6.07, 6.45) is 6.54. The fourth-order valence-corrected chi connectivity index (χ4v) is 4.82. The first-order valence-electron chi connectivity index (χ1n) is 14.2. The van der Waals surface area contributed by atoms with Crippen molar-refractivity contribution < 1.29 is 19.1 Å². The van der Waals surface area contributed by atoms with Gasteiger partial charge in [0.15, 0.2) is 5.13 Å². The van der Waals surface area contributed by atoms with Crippen LogP contribution in [0.3, 0.4) is 0 Å². The van der Waals surface area contributed by atoms with Gasteiger partial charge in [0.25, 0.3) is 11.8 Å². The number of ether oxygens (including phenoxy) is 2. The highest BCUT2D eigenvalue weighted by molar-refractivity contribution is 7.14. The molecule has 3 aromatic carbocycles. The molecule has 0 aliphatic rings. The quantitative estimate of drug-likeness (QED) is 0.140. The zero-order valence-electron chi connectivity index (χ0n) is 23.7. The Kier molecular flexibility index (Phi) is 11.3. The van der Waals surface area contributed by atoms with Gasteiger partial charge in [0, 0.05) is 27.8 Å². The lowest BCUT2D eigenvalue weighted by atomic mass is 10.1. The summed E-state index contributed by atoms with van der Waals surface area (Å²) in [5, 5.41) is 8.20. The van der Waals surface area contributed by atoms with Gasteiger partial charge in [0.05, 0.1) is 18.9 Å². The second kappa shape index (κ2) is 15.6. The van der Waals surface area contributed by atoms with E-state index < -0.39 is 0 Å². The Morgan fingerprint density at radius 2 is 1.41 bits per heavy atom. The third-order valence-corrected chi connectivity index (χ3v) is 7.14. The van der Waals surface area contributed by atoms with Gasteiger partial charge in [-0.25, -0.2) is 4.98 Å². The van der Waals surface area contributed by atoms with Crippen molar-refractivity contribution in [3.8, 4) is 22.8 Å². The van der Waals surface area contributed by atoms with Crippen molar-refractivity contribution in [3.63, 3.8) is 0 Å². The highest BCUT2D eigenvalue weighted by atomic mass is 32.1. The summed E-state index contributed by atoms with van der Waals surface area (Å²) in [5.41, 5.74) is 3.25. The third kappa shape index (κ3) is 9.18. The van der Waals surface area contributed by atoms with E-state index in [0.717, 1.165) is 49.8 Å². The monoisotopic (exact) mass is 571 g/mol. The topological polar surface area (TPSA) is 89.5 Å². The number of aromatic nitrogens is 1. The minimum Gasteiger partial charge on any atom is -0.494 e. The van der Waals surface area contributed by atoms with Crippen molar-refractivity contribution in [1.29, 1.82) is 0 Å². The van der Waals surface area contributed by atoms with Crippen LogP contribution < -0.4 is 20.1 Å². The van der Waals surface area contributed by atoms with E-state index >= 15 is 0 Å². The molecule has 0 saturated carbocycles. The molecule has 1 aromatic heterocycles. The first kappa shape index (κ1) is 29.8. The molecule has 0 fully saturated rings. The number of nitrogens with one attached hydrogen (secondary N) is 2. The molecule has 1 heterocycles. The lowest BCUT2D eigenvalue weighted by Crippen LogP contribution is -2.12. The molecule has 2 N–H and O–H groups in total. The lowest BCUT2D eigenvalue weighted by Gasteiger charge is -2.09. The maximum absolute atomic E-state index is 12.9. The number of carbonyl (C=O) groups is 2. The van der Waals surface area contributed by atoms with Crippen LogP contribution in [0.25, 0.3) is 11.3 Å². The number of anilines is 2. The van der Waals surface area contributed by atoms with Crippen LogP contribution >= 0.6 is 11.3 Å². The van der Waals surface area contributed by atoms with Crippen LogP contribution in [0.15, 0.2) is 78.2 Å². The summed E-state index contributed by atoms with van der Waals surface area (Å²) in [6, 6.07) is 21.8. The van der Waals surface area contributed by atoms with Crippen molar-refractivity contribution in [1.82, 2.24) is 4.98 Å². The maximum atomic E-state index is 12.9. The van der Waals surface area contributed by atoms with Crippen LogP contribution in [-0.4, -0.2) is 30.0 Å². The Morgan fingerprint density at radius 1 is 0.732 bits per heavy atom. The zero-order chi connectivity index (χ0) is 28.9. The number of hydrogen-bond donors (Lipinski definition) is 2. The molecule has 0 aliphatic heterocycles. The summed E-state index contributed by atoms with van der Waals surface area (Å²) < 4.78 is 11.5. The highest BCUT2D eigenvalue weighted by Gasteiger charge is 2.12. The van der Waals surface area contributed by atoms with Crippen LogP contribution in [0, 0.1) is 0 Å². The maximum Gasteiger partial charge on any atom is 0.257 e. The zero-order valence-corrected chi connectivity index (χ0v) is 24.5. The summed E-state index contributed by atoms with van der Waals surface area (Å²) in [4.78, 5) is 30.3. The lowest BCUT2D eigenvalue weighted by molar-refractivity contribution is 0.101. The van der Waals surface area contributed by atoms with Crippen molar-refractivity contribution in [2.24, 2.45) is 0 Å². The minimum absolute atomic E-state index is 0.218. The van der Waals surface area contributed by atoms with Gasteiger partial charge in [-0.3, -0.25) is 14.9 Å². The molecule has 4 aromatic rings. The van der Waals surface area contributed by atoms with E-state index in [1.807, 2.05) is 53.9 Å². The molecular formula is C33H37N3O4S. The summed E-state index contributed by atoms with van der Waals surface area (Å²) in [6.45, 7) is 5.62. The number of hydrogen-bond acceptors (Lipinski definition) is 6. The van der Waals surface area contributed by atoms with Crippen LogP contribution in [0.5, 0.6) is 11.5 Å². The Balaban J connectivity index is 1.33. The fraction of sp³-hybridized carbons (Fsp3) is 0.303. The molecule has 8 heteroatoms. The van der Waals surface area contributed by atoms with Crippen molar-refractivity contribution in [2.75, 3.05) is 23.8 Å². The Bertz CT molecular complexity index is 1420. The summed E-state index contributed by atoms with van der Waals surface area (Å²) in [7, 11) is 0. The van der Waals surface area contributed by atoms with E-state index in [9.17, 15) is 9.59 Å². The number of unbranched alkanes of at least 4 members (excludes halogenated alkanes) is 4. The van der Waals surface area contributed by atoms with E-state index in [0.29, 0.717) is 46.6 Å². The third-order valence-electron chi connectivity index (χ3n) is 6.39. The van der Waals surface area contributed by atoms with Gasteiger partial charge in [-0.15, -0.1) is 11.3 Å². The minimum atomic E-state index is -0.235. The molecular weight excluding hydrogens is 534 g/mol. The molecule has 0 aliphatic carbocycles. The van der Waals surface area contributed by atoms with Gasteiger partial charge in [-0.2, -0.15) is 0 Å². The second-order valence-electron chi connectivity index (χ2n) is 9.69. The number of thiazole rings is 1. The predicted octanol–water partition coefficient (Wildman–Crippen LogP) is 8.45. The van der Waals surface area contributed by atoms with Crippen LogP contribution in [0.2, 0.25) is 0 Å². The molecule has 7 nitrogen and oxygen atoms in total. The number of amides is 2. The summed E-state index contributed by atoms with van der Waals surface area (Å²) in [5.74, 6) is 0.988. The second-order valence-corrected chi connectivity index (χ2v) is 10.5. The number of benzene rings is 3.